The Balaban J connectivity index is 1.45. The van der Waals surface area contributed by atoms with E-state index in [1.807, 2.05) is 6.07 Å². The first-order valence-corrected chi connectivity index (χ1v) is 12.2. The number of nitrogens with one attached hydrogen (secondary N) is 1. The normalized spacial score (nSPS) is 15.1. The molecular weight excluding hydrogens is 470 g/mol. The predicted octanol–water partition coefficient (Wildman–Crippen LogP) is 6.07. The number of carbonyl (C=O) groups is 1. The fourth-order valence-corrected chi connectivity index (χ4v) is 5.74. The van der Waals surface area contributed by atoms with Gasteiger partial charge in [-0.1, -0.05) is 41.9 Å². The van der Waals surface area contributed by atoms with Crippen molar-refractivity contribution < 1.29 is 14.3 Å². The maximum Gasteiger partial charge on any atom is 0.268 e. The molecule has 0 radical (unpaired) electrons. The minimum Gasteiger partial charge on any atom is -0.495 e. The zero-order chi connectivity index (χ0) is 23.8. The summed E-state index contributed by atoms with van der Waals surface area (Å²) in [6, 6.07) is 15.9. The number of pyridine rings is 1. The van der Waals surface area contributed by atoms with Crippen molar-refractivity contribution >= 4 is 50.4 Å². The molecule has 1 amide bonds. The van der Waals surface area contributed by atoms with Gasteiger partial charge in [0.1, 0.15) is 21.2 Å². The number of nitrogens with zero attached hydrogens (tertiary/aromatic N) is 1. The number of nitrogen functional groups attached to an aromatic ring is 1. The lowest BCUT2D eigenvalue weighted by molar-refractivity contribution is 0.103. The Hall–Kier alpha value is -3.29. The van der Waals surface area contributed by atoms with Crippen LogP contribution < -0.4 is 20.5 Å². The molecule has 2 aromatic heterocycles. The van der Waals surface area contributed by atoms with E-state index in [2.05, 4.69) is 35.6 Å². The average molecular weight is 494 g/mol. The minimum absolute atomic E-state index is 0.333. The van der Waals surface area contributed by atoms with Crippen LogP contribution in [0.2, 0.25) is 5.02 Å². The molecule has 4 aromatic rings. The first kappa shape index (κ1) is 22.5. The molecule has 34 heavy (non-hydrogen) atoms. The lowest BCUT2D eigenvalue weighted by Crippen LogP contribution is -2.14. The topological polar surface area (TPSA) is 86.5 Å². The standard InChI is InChI=1S/C26H24ClN3O3S/c1-32-21-13-22(33-2)20(12-18(21)27)29-25(31)24-23(28)17-11-16-10-15(14-6-4-3-5-7-14)8-9-19(16)30-26(17)34-24/h3-7,11-13,15H,8-10,28H2,1-2H3,(H,29,31). The second-order valence-electron chi connectivity index (χ2n) is 8.28. The van der Waals surface area contributed by atoms with Gasteiger partial charge in [0.25, 0.3) is 5.91 Å². The smallest absolute Gasteiger partial charge is 0.268 e. The van der Waals surface area contributed by atoms with E-state index in [1.54, 1.807) is 12.1 Å². The fourth-order valence-electron chi connectivity index (χ4n) is 4.51. The number of amides is 1. The van der Waals surface area contributed by atoms with Gasteiger partial charge in [0.15, 0.2) is 0 Å². The Morgan fingerprint density at radius 2 is 1.91 bits per heavy atom. The highest BCUT2D eigenvalue weighted by atomic mass is 35.5. The number of benzene rings is 2. The molecule has 2 heterocycles. The predicted molar refractivity (Wildman–Crippen MR) is 138 cm³/mol. The Kier molecular flexibility index (Phi) is 6.06. The summed E-state index contributed by atoms with van der Waals surface area (Å²) < 4.78 is 10.6. The van der Waals surface area contributed by atoms with Crippen molar-refractivity contribution in [2.75, 3.05) is 25.3 Å². The number of halogens is 1. The van der Waals surface area contributed by atoms with E-state index in [1.165, 1.54) is 36.7 Å². The molecule has 5 rings (SSSR count). The third-order valence-corrected chi connectivity index (χ3v) is 7.69. The lowest BCUT2D eigenvalue weighted by Gasteiger charge is -2.24. The number of nitrogens with two attached hydrogens (primary N) is 1. The summed E-state index contributed by atoms with van der Waals surface area (Å²) >= 11 is 7.55. The molecule has 0 saturated heterocycles. The Bertz CT molecular complexity index is 1390. The first-order chi connectivity index (χ1) is 16.5. The Labute approximate surface area is 206 Å². The van der Waals surface area contributed by atoms with Gasteiger partial charge in [0, 0.05) is 17.1 Å². The number of methoxy groups -OCH3 is 2. The molecule has 2 aromatic carbocycles. The second-order valence-corrected chi connectivity index (χ2v) is 9.69. The molecule has 1 aliphatic carbocycles. The van der Waals surface area contributed by atoms with Crippen LogP contribution in [0.1, 0.15) is 38.8 Å². The lowest BCUT2D eigenvalue weighted by atomic mass is 9.82. The highest BCUT2D eigenvalue weighted by Gasteiger charge is 2.25. The average Bonchev–Trinajstić information content (AvgIpc) is 3.18. The SMILES string of the molecule is COc1cc(OC)c(NC(=O)c2sc3nc4c(cc3c2N)CC(c2ccccc2)CC4)cc1Cl. The van der Waals surface area contributed by atoms with Crippen LogP contribution in [0, 0.1) is 0 Å². The molecule has 0 bridgehead atoms. The van der Waals surface area contributed by atoms with Crippen LogP contribution in [0.25, 0.3) is 10.2 Å². The number of rotatable bonds is 5. The number of fused-ring (bicyclic) bond motifs is 2. The molecule has 0 spiro atoms. The van der Waals surface area contributed by atoms with Gasteiger partial charge in [-0.3, -0.25) is 4.79 Å². The first-order valence-electron chi connectivity index (χ1n) is 11.0. The van der Waals surface area contributed by atoms with Crippen LogP contribution in [0.5, 0.6) is 11.5 Å². The summed E-state index contributed by atoms with van der Waals surface area (Å²) in [5.41, 5.74) is 11.0. The highest BCUT2D eigenvalue weighted by molar-refractivity contribution is 7.21. The molecule has 174 valence electrons. The molecule has 1 aliphatic rings. The maximum atomic E-state index is 13.2. The van der Waals surface area contributed by atoms with E-state index in [-0.39, 0.29) is 5.91 Å². The number of thiophene rings is 1. The molecule has 3 N–H and O–H groups in total. The van der Waals surface area contributed by atoms with E-state index in [0.29, 0.717) is 38.7 Å². The summed E-state index contributed by atoms with van der Waals surface area (Å²) in [7, 11) is 3.04. The number of hydrogen-bond acceptors (Lipinski definition) is 6. The summed E-state index contributed by atoms with van der Waals surface area (Å²) in [6.45, 7) is 0. The molecule has 6 nitrogen and oxygen atoms in total. The Morgan fingerprint density at radius 3 is 2.65 bits per heavy atom. The molecule has 1 atom stereocenters. The Morgan fingerprint density at radius 1 is 1.15 bits per heavy atom. The van der Waals surface area contributed by atoms with Gasteiger partial charge in [0.2, 0.25) is 0 Å². The zero-order valence-corrected chi connectivity index (χ0v) is 20.4. The van der Waals surface area contributed by atoms with Crippen LogP contribution in [0.4, 0.5) is 11.4 Å². The molecule has 0 fully saturated rings. The van der Waals surface area contributed by atoms with Crippen molar-refractivity contribution in [1.82, 2.24) is 4.98 Å². The van der Waals surface area contributed by atoms with Gasteiger partial charge in [0.05, 0.1) is 30.6 Å². The van der Waals surface area contributed by atoms with Crippen molar-refractivity contribution in [3.05, 3.63) is 75.3 Å². The van der Waals surface area contributed by atoms with Gasteiger partial charge in [-0.15, -0.1) is 11.3 Å². The van der Waals surface area contributed by atoms with Crippen LogP contribution in [0.15, 0.2) is 48.5 Å². The minimum atomic E-state index is -0.333. The van der Waals surface area contributed by atoms with Gasteiger partial charge >= 0.3 is 0 Å². The molecule has 1 unspecified atom stereocenters. The van der Waals surface area contributed by atoms with Gasteiger partial charge in [-0.05, 0) is 48.4 Å². The third-order valence-electron chi connectivity index (χ3n) is 6.28. The number of aryl methyl sites for hydroxylation is 1. The summed E-state index contributed by atoms with van der Waals surface area (Å²) in [4.78, 5) is 19.2. The number of carbonyl (C=O) groups excluding carboxylic acids is 1. The monoisotopic (exact) mass is 493 g/mol. The van der Waals surface area contributed by atoms with E-state index in [9.17, 15) is 4.79 Å². The van der Waals surface area contributed by atoms with Crippen LogP contribution in [-0.4, -0.2) is 25.1 Å². The van der Waals surface area contributed by atoms with Gasteiger partial charge in [-0.2, -0.15) is 0 Å². The maximum absolute atomic E-state index is 13.2. The fraction of sp³-hybridized carbons (Fsp3) is 0.231. The zero-order valence-electron chi connectivity index (χ0n) is 18.9. The second kappa shape index (κ2) is 9.16. The van der Waals surface area contributed by atoms with Gasteiger partial charge < -0.3 is 20.5 Å². The number of ether oxygens (including phenoxy) is 2. The number of aromatic nitrogens is 1. The van der Waals surface area contributed by atoms with E-state index in [0.717, 1.165) is 35.2 Å². The molecular formula is C26H24ClN3O3S. The van der Waals surface area contributed by atoms with Crippen LogP contribution >= 0.6 is 22.9 Å². The van der Waals surface area contributed by atoms with E-state index in [4.69, 9.17) is 31.8 Å². The largest absolute Gasteiger partial charge is 0.495 e. The third kappa shape index (κ3) is 4.06. The summed E-state index contributed by atoms with van der Waals surface area (Å²) in [5, 5.41) is 4.06. The van der Waals surface area contributed by atoms with Crippen molar-refractivity contribution in [3.63, 3.8) is 0 Å². The van der Waals surface area contributed by atoms with Crippen molar-refractivity contribution in [1.29, 1.82) is 0 Å². The summed E-state index contributed by atoms with van der Waals surface area (Å²) in [5.74, 6) is 1.03. The summed E-state index contributed by atoms with van der Waals surface area (Å²) in [6.07, 6.45) is 2.88. The highest BCUT2D eigenvalue weighted by Crippen LogP contribution is 2.40. The number of anilines is 2. The molecule has 8 heteroatoms. The molecule has 0 aliphatic heterocycles. The molecule has 0 saturated carbocycles. The number of hydrogen-bond donors (Lipinski definition) is 2. The van der Waals surface area contributed by atoms with Gasteiger partial charge in [-0.25, -0.2) is 4.98 Å². The van der Waals surface area contributed by atoms with Crippen molar-refractivity contribution in [3.8, 4) is 11.5 Å². The van der Waals surface area contributed by atoms with Crippen molar-refractivity contribution in [2.45, 2.75) is 25.2 Å². The quantitative estimate of drug-likeness (QED) is 0.352. The van der Waals surface area contributed by atoms with E-state index < -0.39 is 0 Å². The van der Waals surface area contributed by atoms with Crippen LogP contribution in [0.3, 0.4) is 0 Å². The van der Waals surface area contributed by atoms with Crippen molar-refractivity contribution in [2.24, 2.45) is 0 Å². The van der Waals surface area contributed by atoms with E-state index >= 15 is 0 Å². The van der Waals surface area contributed by atoms with Crippen LogP contribution in [-0.2, 0) is 12.8 Å².